The smallest absolute Gasteiger partial charge is 0.160 e. The number of hydrogen-bond donors (Lipinski definition) is 0. The lowest BCUT2D eigenvalue weighted by Crippen LogP contribution is -2.05. The number of benzene rings is 8. The number of ether oxygens (including phenoxy) is 1. The molecule has 1 aliphatic heterocycles. The normalized spacial score (nSPS) is 12.4. The van der Waals surface area contributed by atoms with Gasteiger partial charge >= 0.3 is 0 Å². The molecule has 0 aliphatic carbocycles. The lowest BCUT2D eigenvalue weighted by atomic mass is 10.0. The Hall–Kier alpha value is -6.62. The summed E-state index contributed by atoms with van der Waals surface area (Å²) in [5.74, 6) is 1.77. The van der Waals surface area contributed by atoms with Gasteiger partial charge in [-0.15, -0.1) is 11.3 Å². The summed E-state index contributed by atoms with van der Waals surface area (Å²) in [6.07, 6.45) is 0. The third-order valence-electron chi connectivity index (χ3n) is 10.9. The van der Waals surface area contributed by atoms with Gasteiger partial charge in [0, 0.05) is 53.0 Å². The van der Waals surface area contributed by atoms with Crippen LogP contribution in [0.5, 0.6) is 11.5 Å². The van der Waals surface area contributed by atoms with Gasteiger partial charge in [-0.3, -0.25) is 0 Å². The molecule has 52 heavy (non-hydrogen) atoms. The lowest BCUT2D eigenvalue weighted by Gasteiger charge is -2.23. The van der Waals surface area contributed by atoms with Crippen LogP contribution in [0, 0.1) is 0 Å². The van der Waals surface area contributed by atoms with Crippen LogP contribution in [-0.2, 0) is 0 Å². The van der Waals surface area contributed by atoms with Gasteiger partial charge in [0.25, 0.3) is 0 Å². The predicted molar refractivity (Wildman–Crippen MR) is 219 cm³/mol. The molecular formula is C48H28N2OS. The number of hydrogen-bond acceptors (Lipinski definition) is 2. The van der Waals surface area contributed by atoms with E-state index in [1.807, 2.05) is 17.4 Å². The Labute approximate surface area is 302 Å². The fraction of sp³-hybridized carbons (Fsp3) is 0. The Morgan fingerprint density at radius 2 is 1.10 bits per heavy atom. The summed E-state index contributed by atoms with van der Waals surface area (Å²) in [4.78, 5) is 0. The second kappa shape index (κ2) is 10.5. The molecule has 12 rings (SSSR count). The SMILES string of the molecule is c1ccc2c(c1)Oc1c(-c3ccc(-n4c5ccccc5c5cc(-c6cccc7c6sc6ccccc67)ccc54)cc3)ccc3c4ccccc4n-2c13. The number of rotatable bonds is 3. The Bertz CT molecular complexity index is 3270. The van der Waals surface area contributed by atoms with E-state index in [0.717, 1.165) is 39.5 Å². The first-order chi connectivity index (χ1) is 25.8. The Morgan fingerprint density at radius 3 is 1.96 bits per heavy atom. The number of aromatic nitrogens is 2. The van der Waals surface area contributed by atoms with Crippen molar-refractivity contribution in [2.75, 3.05) is 0 Å². The van der Waals surface area contributed by atoms with Crippen molar-refractivity contribution in [3.63, 3.8) is 0 Å². The molecule has 0 fully saturated rings. The minimum atomic E-state index is 0.870. The van der Waals surface area contributed by atoms with Crippen molar-refractivity contribution in [3.8, 4) is 45.1 Å². The van der Waals surface area contributed by atoms with Gasteiger partial charge in [0.2, 0.25) is 0 Å². The van der Waals surface area contributed by atoms with Gasteiger partial charge < -0.3 is 13.9 Å². The van der Waals surface area contributed by atoms with Crippen LogP contribution in [0.25, 0.3) is 97.4 Å². The van der Waals surface area contributed by atoms with E-state index in [1.165, 1.54) is 69.4 Å². The average molecular weight is 681 g/mol. The standard InChI is InChI=1S/C48H28N2OS/c1-5-16-41-34(10-1)37-26-25-32(47-46(37)50(41)43-17-6-7-18-44(43)51-47)29-20-23-31(24-21-29)49-40-15-4-2-11-35(40)39-28-30(22-27-42(39)49)33-13-9-14-38-36-12-3-8-19-45(36)52-48(33)38/h1-28H. The molecule has 0 bridgehead atoms. The zero-order valence-electron chi connectivity index (χ0n) is 27.9. The maximum absolute atomic E-state index is 6.75. The van der Waals surface area contributed by atoms with E-state index in [0.29, 0.717) is 0 Å². The van der Waals surface area contributed by atoms with Crippen molar-refractivity contribution >= 4 is 75.1 Å². The van der Waals surface area contributed by atoms with Gasteiger partial charge in [-0.1, -0.05) is 109 Å². The minimum absolute atomic E-state index is 0.870. The molecule has 0 radical (unpaired) electrons. The monoisotopic (exact) mass is 680 g/mol. The van der Waals surface area contributed by atoms with E-state index in [4.69, 9.17) is 4.74 Å². The first kappa shape index (κ1) is 28.1. The van der Waals surface area contributed by atoms with Gasteiger partial charge in [-0.25, -0.2) is 0 Å². The van der Waals surface area contributed by atoms with Gasteiger partial charge in [0.05, 0.1) is 27.8 Å². The molecule has 11 aromatic rings. The molecule has 3 nitrogen and oxygen atoms in total. The van der Waals surface area contributed by atoms with Gasteiger partial charge in [0.1, 0.15) is 0 Å². The molecule has 0 saturated carbocycles. The van der Waals surface area contributed by atoms with Crippen LogP contribution in [0.15, 0.2) is 170 Å². The molecular weight excluding hydrogens is 653 g/mol. The Kier molecular flexibility index (Phi) is 5.65. The van der Waals surface area contributed by atoms with Crippen molar-refractivity contribution in [2.24, 2.45) is 0 Å². The molecule has 3 aromatic heterocycles. The molecule has 0 unspecified atom stereocenters. The number of para-hydroxylation sites is 4. The molecule has 1 aliphatic rings. The van der Waals surface area contributed by atoms with Crippen LogP contribution >= 0.6 is 11.3 Å². The third-order valence-corrected chi connectivity index (χ3v) is 12.2. The second-order valence-corrected chi connectivity index (χ2v) is 14.7. The zero-order chi connectivity index (χ0) is 33.9. The minimum Gasteiger partial charge on any atom is -0.452 e. The fourth-order valence-corrected chi connectivity index (χ4v) is 9.87. The maximum atomic E-state index is 6.75. The predicted octanol–water partition coefficient (Wildman–Crippen LogP) is 13.7. The number of fused-ring (bicyclic) bond motifs is 11. The van der Waals surface area contributed by atoms with E-state index >= 15 is 0 Å². The molecule has 0 atom stereocenters. The van der Waals surface area contributed by atoms with Crippen molar-refractivity contribution < 1.29 is 4.74 Å². The van der Waals surface area contributed by atoms with E-state index in [-0.39, 0.29) is 0 Å². The first-order valence-corrected chi connectivity index (χ1v) is 18.5. The fourth-order valence-electron chi connectivity index (χ4n) is 8.63. The molecule has 0 spiro atoms. The van der Waals surface area contributed by atoms with Crippen LogP contribution in [0.1, 0.15) is 0 Å². The summed E-state index contributed by atoms with van der Waals surface area (Å²) in [5.41, 5.74) is 11.6. The molecule has 0 amide bonds. The lowest BCUT2D eigenvalue weighted by molar-refractivity contribution is 0.478. The second-order valence-electron chi connectivity index (χ2n) is 13.7. The number of thiophene rings is 1. The summed E-state index contributed by atoms with van der Waals surface area (Å²) in [6, 6.07) is 61.6. The van der Waals surface area contributed by atoms with Gasteiger partial charge in [-0.2, -0.15) is 0 Å². The maximum Gasteiger partial charge on any atom is 0.160 e. The molecule has 0 N–H and O–H groups in total. The van der Waals surface area contributed by atoms with Crippen molar-refractivity contribution in [1.82, 2.24) is 9.13 Å². The third kappa shape index (κ3) is 3.79. The summed E-state index contributed by atoms with van der Waals surface area (Å²) >= 11 is 1.88. The highest BCUT2D eigenvalue weighted by molar-refractivity contribution is 7.26. The summed E-state index contributed by atoms with van der Waals surface area (Å²) in [5, 5.41) is 7.59. The average Bonchev–Trinajstić information content (AvgIpc) is 3.87. The van der Waals surface area contributed by atoms with Crippen molar-refractivity contribution in [2.45, 2.75) is 0 Å². The largest absolute Gasteiger partial charge is 0.452 e. The first-order valence-electron chi connectivity index (χ1n) is 17.7. The van der Waals surface area contributed by atoms with Crippen molar-refractivity contribution in [3.05, 3.63) is 170 Å². The topological polar surface area (TPSA) is 19.1 Å². The summed E-state index contributed by atoms with van der Waals surface area (Å²) in [6.45, 7) is 0. The summed E-state index contributed by atoms with van der Waals surface area (Å²) in [7, 11) is 0. The quantitative estimate of drug-likeness (QED) is 0.182. The molecule has 4 heterocycles. The molecule has 8 aromatic carbocycles. The molecule has 242 valence electrons. The highest BCUT2D eigenvalue weighted by Gasteiger charge is 2.26. The van der Waals surface area contributed by atoms with Gasteiger partial charge in [-0.05, 0) is 77.4 Å². The highest BCUT2D eigenvalue weighted by Crippen LogP contribution is 2.49. The van der Waals surface area contributed by atoms with Crippen LogP contribution < -0.4 is 4.74 Å². The molecule has 4 heteroatoms. The summed E-state index contributed by atoms with van der Waals surface area (Å²) < 4.78 is 14.2. The van der Waals surface area contributed by atoms with E-state index in [2.05, 4.69) is 173 Å². The highest BCUT2D eigenvalue weighted by atomic mass is 32.1. The molecule has 0 saturated heterocycles. The Morgan fingerprint density at radius 1 is 0.423 bits per heavy atom. The van der Waals surface area contributed by atoms with Crippen LogP contribution in [0.4, 0.5) is 0 Å². The van der Waals surface area contributed by atoms with E-state index in [9.17, 15) is 0 Å². The van der Waals surface area contributed by atoms with Gasteiger partial charge in [0.15, 0.2) is 11.5 Å². The number of nitrogens with zero attached hydrogens (tertiary/aromatic N) is 2. The van der Waals surface area contributed by atoms with Crippen LogP contribution in [-0.4, -0.2) is 9.13 Å². The van der Waals surface area contributed by atoms with E-state index < -0.39 is 0 Å². The zero-order valence-corrected chi connectivity index (χ0v) is 28.7. The van der Waals surface area contributed by atoms with Crippen LogP contribution in [0.2, 0.25) is 0 Å². The van der Waals surface area contributed by atoms with Crippen LogP contribution in [0.3, 0.4) is 0 Å². The van der Waals surface area contributed by atoms with Crippen molar-refractivity contribution in [1.29, 1.82) is 0 Å². The van der Waals surface area contributed by atoms with E-state index in [1.54, 1.807) is 0 Å². The Balaban J connectivity index is 1.01.